The van der Waals surface area contributed by atoms with Crippen LogP contribution in [-0.4, -0.2) is 12.5 Å². The molecule has 0 aliphatic heterocycles. The molecule has 2 rings (SSSR count). The number of rotatable bonds is 7. The summed E-state index contributed by atoms with van der Waals surface area (Å²) in [6.07, 6.45) is 1.56. The lowest BCUT2D eigenvalue weighted by Crippen LogP contribution is -2.23. The van der Waals surface area contributed by atoms with Crippen LogP contribution in [0.3, 0.4) is 0 Å². The van der Waals surface area contributed by atoms with E-state index in [0.29, 0.717) is 24.8 Å². The number of hydrogen-bond acceptors (Lipinski definition) is 3. The summed E-state index contributed by atoms with van der Waals surface area (Å²) in [7, 11) is 0. The minimum absolute atomic E-state index is 0.0422. The molecule has 4 nitrogen and oxygen atoms in total. The topological polar surface area (TPSA) is 62.1 Å². The number of ether oxygens (including phenoxy) is 1. The predicted octanol–water partition coefficient (Wildman–Crippen LogP) is 5.47. The number of nitrogens with zero attached hydrogens (tertiary/aromatic N) is 1. The first-order valence-corrected chi connectivity index (χ1v) is 10.0. The van der Waals surface area contributed by atoms with E-state index in [4.69, 9.17) is 4.74 Å². The predicted molar refractivity (Wildman–Crippen MR) is 114 cm³/mol. The molecular weight excluding hydrogens is 472 g/mol. The van der Waals surface area contributed by atoms with E-state index in [9.17, 15) is 10.1 Å². The Morgan fingerprint density at radius 1 is 1.22 bits per heavy atom. The number of benzene rings is 2. The molecule has 0 bridgehead atoms. The molecule has 2 aromatic rings. The number of nitriles is 1. The van der Waals surface area contributed by atoms with E-state index in [1.165, 1.54) is 0 Å². The van der Waals surface area contributed by atoms with Crippen molar-refractivity contribution in [2.75, 3.05) is 6.61 Å². The van der Waals surface area contributed by atoms with E-state index in [-0.39, 0.29) is 5.57 Å². The van der Waals surface area contributed by atoms with Crippen LogP contribution in [-0.2, 0) is 11.3 Å². The molecule has 1 amide bonds. The van der Waals surface area contributed by atoms with Gasteiger partial charge in [-0.3, -0.25) is 4.79 Å². The zero-order chi connectivity index (χ0) is 19.8. The van der Waals surface area contributed by atoms with Crippen molar-refractivity contribution in [3.63, 3.8) is 0 Å². The summed E-state index contributed by atoms with van der Waals surface area (Å²) in [4.78, 5) is 12.3. The number of carbonyl (C=O) groups excluding carboxylic acids is 1. The first-order valence-electron chi connectivity index (χ1n) is 8.46. The Morgan fingerprint density at radius 3 is 2.41 bits per heavy atom. The second kappa shape index (κ2) is 10.3. The molecule has 140 valence electrons. The van der Waals surface area contributed by atoms with Gasteiger partial charge >= 0.3 is 0 Å². The quantitative estimate of drug-likeness (QED) is 0.412. The molecule has 0 atom stereocenters. The van der Waals surface area contributed by atoms with Crippen molar-refractivity contribution in [3.8, 4) is 11.8 Å². The Labute approximate surface area is 176 Å². The largest absolute Gasteiger partial charge is 0.491 e. The van der Waals surface area contributed by atoms with Crippen molar-refractivity contribution in [3.05, 3.63) is 68.1 Å². The highest BCUT2D eigenvalue weighted by Crippen LogP contribution is 2.35. The Kier molecular flexibility index (Phi) is 8.08. The summed E-state index contributed by atoms with van der Waals surface area (Å²) in [5.41, 5.74) is 1.73. The van der Waals surface area contributed by atoms with Gasteiger partial charge in [-0.15, -0.1) is 0 Å². The zero-order valence-corrected chi connectivity index (χ0v) is 18.3. The molecule has 0 aliphatic rings. The third kappa shape index (κ3) is 6.53. The monoisotopic (exact) mass is 490 g/mol. The Morgan fingerprint density at radius 2 is 1.85 bits per heavy atom. The maximum Gasteiger partial charge on any atom is 0.262 e. The summed E-state index contributed by atoms with van der Waals surface area (Å²) < 4.78 is 7.30. The third-order valence-electron chi connectivity index (χ3n) is 3.55. The first-order chi connectivity index (χ1) is 12.9. The van der Waals surface area contributed by atoms with Crippen LogP contribution >= 0.6 is 31.9 Å². The molecule has 6 heteroatoms. The van der Waals surface area contributed by atoms with Gasteiger partial charge in [0, 0.05) is 6.54 Å². The number of amides is 1. The molecule has 2 aromatic carbocycles. The van der Waals surface area contributed by atoms with Crippen LogP contribution in [0.25, 0.3) is 6.08 Å². The molecular formula is C21H20Br2N2O2. The smallest absolute Gasteiger partial charge is 0.262 e. The minimum atomic E-state index is -0.409. The molecule has 1 N–H and O–H groups in total. The summed E-state index contributed by atoms with van der Waals surface area (Å²) >= 11 is 6.98. The lowest BCUT2D eigenvalue weighted by atomic mass is 10.1. The summed E-state index contributed by atoms with van der Waals surface area (Å²) in [6, 6.07) is 15.2. The molecule has 0 saturated carbocycles. The van der Waals surface area contributed by atoms with Gasteiger partial charge in [0.25, 0.3) is 5.91 Å². The van der Waals surface area contributed by atoms with Crippen molar-refractivity contribution >= 4 is 43.8 Å². The highest BCUT2D eigenvalue weighted by Gasteiger charge is 2.12. The Bertz CT molecular complexity index is 848. The van der Waals surface area contributed by atoms with Crippen molar-refractivity contribution in [1.29, 1.82) is 5.26 Å². The highest BCUT2D eigenvalue weighted by molar-refractivity contribution is 9.11. The fraction of sp³-hybridized carbons (Fsp3) is 0.238. The highest BCUT2D eigenvalue weighted by atomic mass is 79.9. The van der Waals surface area contributed by atoms with Crippen LogP contribution in [0.1, 0.15) is 25.0 Å². The van der Waals surface area contributed by atoms with Crippen LogP contribution in [0.5, 0.6) is 5.75 Å². The van der Waals surface area contributed by atoms with Crippen LogP contribution in [0.15, 0.2) is 57.0 Å². The van der Waals surface area contributed by atoms with Gasteiger partial charge in [-0.1, -0.05) is 44.2 Å². The third-order valence-corrected chi connectivity index (χ3v) is 4.73. The lowest BCUT2D eigenvalue weighted by molar-refractivity contribution is -0.117. The SMILES string of the molecule is CC(C)COc1c(Br)cc(/C=C(\C#N)C(=O)NCc2ccccc2)cc1Br. The van der Waals surface area contributed by atoms with Gasteiger partial charge in [-0.25, -0.2) is 0 Å². The van der Waals surface area contributed by atoms with E-state index in [1.807, 2.05) is 48.5 Å². The van der Waals surface area contributed by atoms with Crippen LogP contribution < -0.4 is 10.1 Å². The van der Waals surface area contributed by atoms with Crippen molar-refractivity contribution in [2.45, 2.75) is 20.4 Å². The Balaban J connectivity index is 2.14. The average Bonchev–Trinajstić information content (AvgIpc) is 2.64. The van der Waals surface area contributed by atoms with Crippen LogP contribution in [0.2, 0.25) is 0 Å². The molecule has 0 fully saturated rings. The minimum Gasteiger partial charge on any atom is -0.491 e. The molecule has 0 heterocycles. The van der Waals surface area contributed by atoms with E-state index in [1.54, 1.807) is 6.08 Å². The average molecular weight is 492 g/mol. The van der Waals surface area contributed by atoms with E-state index in [2.05, 4.69) is 51.0 Å². The van der Waals surface area contributed by atoms with E-state index in [0.717, 1.165) is 20.1 Å². The fourth-order valence-corrected chi connectivity index (χ4v) is 3.69. The van der Waals surface area contributed by atoms with E-state index >= 15 is 0 Å². The van der Waals surface area contributed by atoms with E-state index < -0.39 is 5.91 Å². The van der Waals surface area contributed by atoms with Gasteiger partial charge in [0.1, 0.15) is 17.4 Å². The van der Waals surface area contributed by atoms with Gasteiger partial charge in [0.15, 0.2) is 0 Å². The van der Waals surface area contributed by atoms with Crippen molar-refractivity contribution < 1.29 is 9.53 Å². The summed E-state index contributed by atoms with van der Waals surface area (Å²) in [5.74, 6) is 0.698. The van der Waals surface area contributed by atoms with Gasteiger partial charge < -0.3 is 10.1 Å². The number of nitrogens with one attached hydrogen (secondary N) is 1. The standard InChI is InChI=1S/C21H20Br2N2O2/c1-14(2)13-27-20-18(22)9-16(10-19(20)23)8-17(11-24)21(26)25-12-15-6-4-3-5-7-15/h3-10,14H,12-13H2,1-2H3,(H,25,26)/b17-8+. The Hall–Kier alpha value is -2.10. The molecule has 27 heavy (non-hydrogen) atoms. The van der Waals surface area contributed by atoms with Gasteiger partial charge in [-0.05, 0) is 67.1 Å². The van der Waals surface area contributed by atoms with Gasteiger partial charge in [0.05, 0.1) is 15.6 Å². The second-order valence-corrected chi connectivity index (χ2v) is 8.07. The summed E-state index contributed by atoms with van der Waals surface area (Å²) in [6.45, 7) is 5.12. The molecule has 0 saturated heterocycles. The van der Waals surface area contributed by atoms with Crippen molar-refractivity contribution in [2.24, 2.45) is 5.92 Å². The maximum absolute atomic E-state index is 12.3. The number of halogens is 2. The number of hydrogen-bond donors (Lipinski definition) is 1. The molecule has 0 aromatic heterocycles. The van der Waals surface area contributed by atoms with Crippen LogP contribution in [0, 0.1) is 17.2 Å². The summed E-state index contributed by atoms with van der Waals surface area (Å²) in [5, 5.41) is 12.1. The normalized spacial score (nSPS) is 11.2. The molecule has 0 unspecified atom stereocenters. The molecule has 0 radical (unpaired) electrons. The van der Waals surface area contributed by atoms with Gasteiger partial charge in [-0.2, -0.15) is 5.26 Å². The van der Waals surface area contributed by atoms with Gasteiger partial charge in [0.2, 0.25) is 0 Å². The van der Waals surface area contributed by atoms with Crippen molar-refractivity contribution in [1.82, 2.24) is 5.32 Å². The maximum atomic E-state index is 12.3. The lowest BCUT2D eigenvalue weighted by Gasteiger charge is -2.13. The van der Waals surface area contributed by atoms with Crippen LogP contribution in [0.4, 0.5) is 0 Å². The first kappa shape index (κ1) is 21.2. The molecule has 0 aliphatic carbocycles. The fourth-order valence-electron chi connectivity index (χ4n) is 2.24. The molecule has 0 spiro atoms. The zero-order valence-electron chi connectivity index (χ0n) is 15.1. The second-order valence-electron chi connectivity index (χ2n) is 6.36. The number of carbonyl (C=O) groups is 1.